The number of piperazine rings is 1. The van der Waals surface area contributed by atoms with E-state index >= 15 is 0 Å². The summed E-state index contributed by atoms with van der Waals surface area (Å²) in [6.45, 7) is 3.58. The van der Waals surface area contributed by atoms with Gasteiger partial charge in [0, 0.05) is 45.0 Å². The van der Waals surface area contributed by atoms with Crippen LogP contribution < -0.4 is 10.6 Å². The Morgan fingerprint density at radius 1 is 0.893 bits per heavy atom. The Hall–Kier alpha value is -2.74. The lowest BCUT2D eigenvalue weighted by atomic mass is 10.1. The minimum Gasteiger partial charge on any atom is -0.368 e. The van der Waals surface area contributed by atoms with Crippen LogP contribution in [-0.4, -0.2) is 47.2 Å². The van der Waals surface area contributed by atoms with E-state index in [4.69, 9.17) is 0 Å². The lowest BCUT2D eigenvalue weighted by Crippen LogP contribution is -2.48. The number of halogens is 3. The zero-order valence-electron chi connectivity index (χ0n) is 15.2. The molecule has 0 saturated carbocycles. The van der Waals surface area contributed by atoms with Crippen molar-refractivity contribution in [2.75, 3.05) is 37.6 Å². The number of aromatic amines is 1. The van der Waals surface area contributed by atoms with Gasteiger partial charge in [-0.05, 0) is 24.3 Å². The van der Waals surface area contributed by atoms with Crippen LogP contribution in [0.1, 0.15) is 5.56 Å². The highest BCUT2D eigenvalue weighted by atomic mass is 19.4. The predicted molar refractivity (Wildman–Crippen MR) is 103 cm³/mol. The first-order valence-electron chi connectivity index (χ1n) is 9.24. The van der Waals surface area contributed by atoms with Crippen molar-refractivity contribution < 1.29 is 13.2 Å². The number of alkyl halides is 3. The summed E-state index contributed by atoms with van der Waals surface area (Å²) < 4.78 is 41.5. The second kappa shape index (κ2) is 7.35. The molecule has 1 aromatic heterocycles. The third kappa shape index (κ3) is 3.64. The molecule has 2 aromatic carbocycles. The number of rotatable bonds is 4. The highest BCUT2D eigenvalue weighted by Gasteiger charge is 2.35. The molecule has 0 spiro atoms. The molecular formula is C20H21F3N4O. The Kier molecular flexibility index (Phi) is 4.89. The maximum absolute atomic E-state index is 13.3. The summed E-state index contributed by atoms with van der Waals surface area (Å²) in [6, 6.07) is 13.3. The van der Waals surface area contributed by atoms with E-state index in [0.717, 1.165) is 17.1 Å². The SMILES string of the molecule is O=c1[nH]c2ccccc2n1CCN1CCN(c2ccccc2C(F)(F)F)CC1. The van der Waals surface area contributed by atoms with Crippen molar-refractivity contribution in [2.24, 2.45) is 0 Å². The Morgan fingerprint density at radius 2 is 1.57 bits per heavy atom. The van der Waals surface area contributed by atoms with Gasteiger partial charge in [0.2, 0.25) is 0 Å². The topological polar surface area (TPSA) is 44.3 Å². The molecule has 4 rings (SSSR count). The van der Waals surface area contributed by atoms with Crippen LogP contribution in [0.3, 0.4) is 0 Å². The number of hydrogen-bond donors (Lipinski definition) is 1. The van der Waals surface area contributed by atoms with E-state index in [0.29, 0.717) is 39.3 Å². The first-order chi connectivity index (χ1) is 13.4. The number of benzene rings is 2. The molecule has 5 nitrogen and oxygen atoms in total. The van der Waals surface area contributed by atoms with E-state index in [1.54, 1.807) is 15.5 Å². The molecule has 0 unspecified atom stereocenters. The quantitative estimate of drug-likeness (QED) is 0.744. The van der Waals surface area contributed by atoms with Gasteiger partial charge < -0.3 is 9.88 Å². The normalized spacial score (nSPS) is 16.0. The van der Waals surface area contributed by atoms with Gasteiger partial charge in [0.1, 0.15) is 0 Å². The molecular weight excluding hydrogens is 369 g/mol. The molecule has 1 fully saturated rings. The maximum Gasteiger partial charge on any atom is 0.418 e. The van der Waals surface area contributed by atoms with Gasteiger partial charge in [0.15, 0.2) is 0 Å². The lowest BCUT2D eigenvalue weighted by molar-refractivity contribution is -0.137. The van der Waals surface area contributed by atoms with Crippen molar-refractivity contribution in [1.29, 1.82) is 0 Å². The summed E-state index contributed by atoms with van der Waals surface area (Å²) in [4.78, 5) is 19.0. The van der Waals surface area contributed by atoms with Gasteiger partial charge in [-0.25, -0.2) is 4.79 Å². The number of hydrogen-bond acceptors (Lipinski definition) is 3. The van der Waals surface area contributed by atoms with E-state index in [1.165, 1.54) is 12.1 Å². The summed E-state index contributed by atoms with van der Waals surface area (Å²) in [5.41, 5.74) is 1.18. The molecule has 0 amide bonds. The third-order valence-electron chi connectivity index (χ3n) is 5.24. The standard InChI is InChI=1S/C20H21F3N4O/c21-20(22,23)15-5-1-3-7-17(15)26-12-9-25(10-13-26)11-14-27-18-8-4-2-6-16(18)24-19(27)28/h1-8H,9-14H2,(H,24,28). The molecule has 1 aliphatic rings. The fourth-order valence-corrected chi connectivity index (χ4v) is 3.77. The molecule has 8 heteroatoms. The number of nitrogens with zero attached hydrogens (tertiary/aromatic N) is 3. The second-order valence-corrected chi connectivity index (χ2v) is 6.94. The number of H-pyrrole nitrogens is 1. The van der Waals surface area contributed by atoms with Crippen molar-refractivity contribution in [3.8, 4) is 0 Å². The highest BCUT2D eigenvalue weighted by Crippen LogP contribution is 2.36. The van der Waals surface area contributed by atoms with E-state index in [-0.39, 0.29) is 11.4 Å². The van der Waals surface area contributed by atoms with Crippen LogP contribution >= 0.6 is 0 Å². The average Bonchev–Trinajstić information content (AvgIpc) is 3.01. The molecule has 1 N–H and O–H groups in total. The van der Waals surface area contributed by atoms with Gasteiger partial charge in [-0.3, -0.25) is 9.47 Å². The second-order valence-electron chi connectivity index (χ2n) is 6.94. The van der Waals surface area contributed by atoms with Crippen LogP contribution in [0.2, 0.25) is 0 Å². The summed E-state index contributed by atoms with van der Waals surface area (Å²) in [5, 5.41) is 0. The van der Waals surface area contributed by atoms with Gasteiger partial charge >= 0.3 is 11.9 Å². The van der Waals surface area contributed by atoms with Crippen LogP contribution in [0, 0.1) is 0 Å². The van der Waals surface area contributed by atoms with Gasteiger partial charge in [-0.15, -0.1) is 0 Å². The zero-order valence-corrected chi connectivity index (χ0v) is 15.2. The van der Waals surface area contributed by atoms with Crippen molar-refractivity contribution in [1.82, 2.24) is 14.5 Å². The number of imidazole rings is 1. The number of fused-ring (bicyclic) bond motifs is 1. The van der Waals surface area contributed by atoms with Crippen molar-refractivity contribution in [3.63, 3.8) is 0 Å². The minimum atomic E-state index is -4.36. The first-order valence-corrected chi connectivity index (χ1v) is 9.24. The van der Waals surface area contributed by atoms with Crippen molar-refractivity contribution in [2.45, 2.75) is 12.7 Å². The zero-order chi connectivity index (χ0) is 19.7. The number of nitrogens with one attached hydrogen (secondary N) is 1. The maximum atomic E-state index is 13.3. The first kappa shape index (κ1) is 18.6. The average molecular weight is 390 g/mol. The fraction of sp³-hybridized carbons (Fsp3) is 0.350. The minimum absolute atomic E-state index is 0.140. The Bertz CT molecular complexity index is 1020. The van der Waals surface area contributed by atoms with E-state index < -0.39 is 11.7 Å². The fourth-order valence-electron chi connectivity index (χ4n) is 3.77. The monoisotopic (exact) mass is 390 g/mol. The summed E-state index contributed by atoms with van der Waals surface area (Å²) in [6.07, 6.45) is -4.36. The largest absolute Gasteiger partial charge is 0.418 e. The smallest absolute Gasteiger partial charge is 0.368 e. The lowest BCUT2D eigenvalue weighted by Gasteiger charge is -2.37. The van der Waals surface area contributed by atoms with Crippen LogP contribution in [0.15, 0.2) is 53.3 Å². The number of para-hydroxylation sites is 3. The van der Waals surface area contributed by atoms with Crippen LogP contribution in [-0.2, 0) is 12.7 Å². The molecule has 0 radical (unpaired) electrons. The number of aromatic nitrogens is 2. The summed E-state index contributed by atoms with van der Waals surface area (Å²) >= 11 is 0. The summed E-state index contributed by atoms with van der Waals surface area (Å²) in [7, 11) is 0. The Labute approximate surface area is 160 Å². The van der Waals surface area contributed by atoms with Gasteiger partial charge in [0.05, 0.1) is 16.6 Å². The van der Waals surface area contributed by atoms with Gasteiger partial charge in [-0.2, -0.15) is 13.2 Å². The Balaban J connectivity index is 1.40. The number of anilines is 1. The molecule has 148 valence electrons. The molecule has 1 aliphatic heterocycles. The van der Waals surface area contributed by atoms with Crippen molar-refractivity contribution >= 4 is 16.7 Å². The molecule has 0 aliphatic carbocycles. The molecule has 2 heterocycles. The van der Waals surface area contributed by atoms with Crippen LogP contribution in [0.5, 0.6) is 0 Å². The van der Waals surface area contributed by atoms with Crippen molar-refractivity contribution in [3.05, 3.63) is 64.6 Å². The molecule has 1 saturated heterocycles. The molecule has 3 aromatic rings. The summed E-state index contributed by atoms with van der Waals surface area (Å²) in [5.74, 6) is 0. The van der Waals surface area contributed by atoms with E-state index in [9.17, 15) is 18.0 Å². The third-order valence-corrected chi connectivity index (χ3v) is 5.24. The van der Waals surface area contributed by atoms with E-state index in [2.05, 4.69) is 9.88 Å². The molecule has 0 atom stereocenters. The highest BCUT2D eigenvalue weighted by molar-refractivity contribution is 5.74. The van der Waals surface area contributed by atoms with E-state index in [1.807, 2.05) is 24.3 Å². The van der Waals surface area contributed by atoms with Crippen LogP contribution in [0.4, 0.5) is 18.9 Å². The van der Waals surface area contributed by atoms with Gasteiger partial charge in [0.25, 0.3) is 0 Å². The predicted octanol–water partition coefficient (Wildman–Crippen LogP) is 3.17. The molecule has 28 heavy (non-hydrogen) atoms. The van der Waals surface area contributed by atoms with Crippen LogP contribution in [0.25, 0.3) is 11.0 Å². The van der Waals surface area contributed by atoms with Gasteiger partial charge in [-0.1, -0.05) is 24.3 Å². The Morgan fingerprint density at radius 3 is 2.32 bits per heavy atom. The molecule has 0 bridgehead atoms.